The molecule has 0 bridgehead atoms. The molecule has 0 saturated carbocycles. The van der Waals surface area contributed by atoms with E-state index in [4.69, 9.17) is 0 Å². The summed E-state index contributed by atoms with van der Waals surface area (Å²) in [5.41, 5.74) is 0. The van der Waals surface area contributed by atoms with Gasteiger partial charge in [0.05, 0.1) is 0 Å². The summed E-state index contributed by atoms with van der Waals surface area (Å²) in [6.07, 6.45) is 0. The van der Waals surface area contributed by atoms with Crippen molar-refractivity contribution in [3.8, 4) is 0 Å². The van der Waals surface area contributed by atoms with Crippen LogP contribution in [0.5, 0.6) is 0 Å². The van der Waals surface area contributed by atoms with Crippen LogP contribution >= 0.6 is 47.8 Å². The molecule has 0 aromatic heterocycles. The lowest BCUT2D eigenvalue weighted by Gasteiger charge is -2.19. The second-order valence-electron chi connectivity index (χ2n) is 1.39. The number of hydrogen-bond donors (Lipinski definition) is 0. The Kier molecular flexibility index (Phi) is 2.91. The predicted octanol–water partition coefficient (Wildman–Crippen LogP) is 3.48. The van der Waals surface area contributed by atoms with Crippen molar-refractivity contribution in [2.24, 2.45) is 0 Å². The lowest BCUT2D eigenvalue weighted by molar-refractivity contribution is 0.0375. The Morgan fingerprint density at radius 2 is 1.25 bits per heavy atom. The summed E-state index contributed by atoms with van der Waals surface area (Å²) >= 11 is 8.05. The van der Waals surface area contributed by atoms with Crippen LogP contribution in [0, 0.1) is 0 Å². The van der Waals surface area contributed by atoms with Crippen LogP contribution in [0.3, 0.4) is 0 Å². The molecule has 0 aliphatic carbocycles. The minimum absolute atomic E-state index is 0.797. The lowest BCUT2D eigenvalue weighted by Crippen LogP contribution is -2.27. The van der Waals surface area contributed by atoms with Gasteiger partial charge in [-0.1, -0.05) is 47.8 Å². The van der Waals surface area contributed by atoms with Gasteiger partial charge < -0.3 is 0 Å². The first-order chi connectivity index (χ1) is 3.25. The number of halogens is 5. The molecule has 0 saturated heterocycles. The summed E-state index contributed by atoms with van der Waals surface area (Å²) in [5.74, 6) is -2.81. The quantitative estimate of drug-likeness (QED) is 0.600. The molecule has 0 spiro atoms. The Morgan fingerprint density at radius 1 is 1.12 bits per heavy atom. The van der Waals surface area contributed by atoms with E-state index in [0.717, 1.165) is 6.92 Å². The zero-order valence-corrected chi connectivity index (χ0v) is 8.65. The lowest BCUT2D eigenvalue weighted by atomic mass is 10.5. The topological polar surface area (TPSA) is 0 Å². The Bertz CT molecular complexity index is 67.5. The molecule has 8 heavy (non-hydrogen) atoms. The molecule has 0 amide bonds. The third-order valence-corrected chi connectivity index (χ3v) is 2.59. The fraction of sp³-hybridized carbons (Fsp3) is 1.00. The zero-order valence-electron chi connectivity index (χ0n) is 3.89. The van der Waals surface area contributed by atoms with Gasteiger partial charge in [0, 0.05) is 6.92 Å². The highest BCUT2D eigenvalue weighted by Gasteiger charge is 2.43. The second-order valence-corrected chi connectivity index (χ2v) is 8.15. The predicted molar refractivity (Wildman–Crippen MR) is 40.1 cm³/mol. The molecule has 0 atom stereocenters. The van der Waals surface area contributed by atoms with Crippen LogP contribution in [0.1, 0.15) is 6.92 Å². The fourth-order valence-corrected chi connectivity index (χ4v) is 0. The summed E-state index contributed by atoms with van der Waals surface area (Å²) in [4.78, 5) is 0. The summed E-state index contributed by atoms with van der Waals surface area (Å²) in [7, 11) is 0. The Balaban J connectivity index is 4.02. The fourth-order valence-electron chi connectivity index (χ4n) is 0. The van der Waals surface area contributed by atoms with E-state index in [1.165, 1.54) is 0 Å². The summed E-state index contributed by atoms with van der Waals surface area (Å²) < 4.78 is 22.7. The highest BCUT2D eigenvalue weighted by molar-refractivity contribution is 9.39. The van der Waals surface area contributed by atoms with E-state index in [9.17, 15) is 8.78 Å². The van der Waals surface area contributed by atoms with Gasteiger partial charge in [-0.3, -0.25) is 0 Å². The van der Waals surface area contributed by atoms with Crippen molar-refractivity contribution in [1.29, 1.82) is 0 Å². The van der Waals surface area contributed by atoms with E-state index in [0.29, 0.717) is 0 Å². The second kappa shape index (κ2) is 2.50. The summed E-state index contributed by atoms with van der Waals surface area (Å²) in [5, 5.41) is 0. The van der Waals surface area contributed by atoms with Gasteiger partial charge in [0.25, 0.3) is 5.92 Å². The maximum absolute atomic E-state index is 12.1. The number of rotatable bonds is 0. The van der Waals surface area contributed by atoms with Crippen LogP contribution in [0.15, 0.2) is 0 Å². The van der Waals surface area contributed by atoms with Crippen LogP contribution in [-0.2, 0) is 0 Å². The molecular formula is C3H3Br3F2. The smallest absolute Gasteiger partial charge is 0.204 e. The van der Waals surface area contributed by atoms with Crippen molar-refractivity contribution < 1.29 is 8.78 Å². The van der Waals surface area contributed by atoms with E-state index < -0.39 is 8.07 Å². The highest BCUT2D eigenvalue weighted by atomic mass is 80.0. The van der Waals surface area contributed by atoms with Crippen LogP contribution in [0.4, 0.5) is 8.78 Å². The van der Waals surface area contributed by atoms with Gasteiger partial charge in [-0.15, -0.1) is 0 Å². The third-order valence-electron chi connectivity index (χ3n) is 0.498. The van der Waals surface area contributed by atoms with Crippen molar-refractivity contribution in [3.05, 3.63) is 0 Å². The van der Waals surface area contributed by atoms with E-state index in [1.54, 1.807) is 0 Å². The highest BCUT2D eigenvalue weighted by Crippen LogP contribution is 2.46. The monoisotopic (exact) mass is 314 g/mol. The first kappa shape index (κ1) is 9.30. The van der Waals surface area contributed by atoms with E-state index in [2.05, 4.69) is 47.8 Å². The normalized spacial score (nSPS) is 14.2. The molecule has 0 nitrogen and oxygen atoms in total. The average Bonchev–Trinajstić information content (AvgIpc) is 1.25. The first-order valence-corrected chi connectivity index (χ1v) is 4.07. The van der Waals surface area contributed by atoms with E-state index in [1.807, 2.05) is 0 Å². The Hall–Kier alpha value is 1.30. The van der Waals surface area contributed by atoms with Crippen LogP contribution < -0.4 is 0 Å². The largest absolute Gasteiger partial charge is 0.279 e. The summed E-state index contributed by atoms with van der Waals surface area (Å²) in [6, 6.07) is 0. The molecule has 50 valence electrons. The van der Waals surface area contributed by atoms with E-state index >= 15 is 0 Å². The van der Waals surface area contributed by atoms with Gasteiger partial charge in [0.1, 0.15) is 0 Å². The molecule has 0 aromatic rings. The Morgan fingerprint density at radius 3 is 1.25 bits per heavy atom. The van der Waals surface area contributed by atoms with Gasteiger partial charge in [-0.05, 0) is 0 Å². The van der Waals surface area contributed by atoms with Crippen molar-refractivity contribution in [2.75, 3.05) is 0 Å². The maximum atomic E-state index is 12.1. The molecular weight excluding hydrogens is 314 g/mol. The molecule has 0 radical (unpaired) electrons. The molecule has 0 N–H and O–H groups in total. The van der Waals surface area contributed by atoms with Gasteiger partial charge in [-0.25, -0.2) is 8.78 Å². The van der Waals surface area contributed by atoms with Gasteiger partial charge in [0.2, 0.25) is 0 Å². The van der Waals surface area contributed by atoms with E-state index in [-0.39, 0.29) is 0 Å². The number of alkyl halides is 5. The number of hydrogen-bond acceptors (Lipinski definition) is 0. The van der Waals surface area contributed by atoms with Gasteiger partial charge in [0.15, 0.2) is 2.14 Å². The molecule has 0 aliphatic heterocycles. The molecule has 0 aromatic carbocycles. The molecule has 0 fully saturated rings. The Labute approximate surface area is 71.4 Å². The van der Waals surface area contributed by atoms with Crippen LogP contribution in [0.2, 0.25) is 0 Å². The van der Waals surface area contributed by atoms with Crippen molar-refractivity contribution in [3.63, 3.8) is 0 Å². The summed E-state index contributed by atoms with van der Waals surface area (Å²) in [6.45, 7) is 0.797. The third kappa shape index (κ3) is 2.73. The molecule has 0 unspecified atom stereocenters. The van der Waals surface area contributed by atoms with Crippen LogP contribution in [0.25, 0.3) is 0 Å². The maximum Gasteiger partial charge on any atom is 0.279 e. The van der Waals surface area contributed by atoms with Crippen molar-refractivity contribution in [1.82, 2.24) is 0 Å². The average molecular weight is 317 g/mol. The first-order valence-electron chi connectivity index (χ1n) is 1.69. The van der Waals surface area contributed by atoms with Gasteiger partial charge in [-0.2, -0.15) is 0 Å². The minimum atomic E-state index is -2.81. The SMILES string of the molecule is CC(F)(F)C(Br)(Br)Br. The van der Waals surface area contributed by atoms with Gasteiger partial charge >= 0.3 is 0 Å². The molecule has 5 heteroatoms. The molecule has 0 rings (SSSR count). The molecule has 0 heterocycles. The zero-order chi connectivity index (χ0) is 7.00. The van der Waals surface area contributed by atoms with Crippen LogP contribution in [-0.4, -0.2) is 8.07 Å². The standard InChI is InChI=1S/C3H3Br3F2/c1-2(7,8)3(4,5)6/h1H3. The van der Waals surface area contributed by atoms with Crippen molar-refractivity contribution >= 4 is 47.8 Å². The molecule has 0 aliphatic rings. The van der Waals surface area contributed by atoms with Crippen molar-refractivity contribution in [2.45, 2.75) is 15.0 Å². The minimum Gasteiger partial charge on any atom is -0.204 e.